The zero-order chi connectivity index (χ0) is 24.1. The Morgan fingerprint density at radius 1 is 1.21 bits per heavy atom. The predicted octanol–water partition coefficient (Wildman–Crippen LogP) is 6.69. The van der Waals surface area contributed by atoms with Gasteiger partial charge in [0.2, 0.25) is 0 Å². The molecule has 4 rings (SSSR count). The third-order valence-corrected chi connectivity index (χ3v) is 7.45. The molecule has 3 aromatic rings. The van der Waals surface area contributed by atoms with Gasteiger partial charge in [0.25, 0.3) is 5.91 Å². The molecular weight excluding hydrogens is 510 g/mol. The molecule has 34 heavy (non-hydrogen) atoms. The summed E-state index contributed by atoms with van der Waals surface area (Å²) in [5, 5.41) is 22.5. The van der Waals surface area contributed by atoms with Crippen LogP contribution < -0.4 is 10.1 Å². The zero-order valence-electron chi connectivity index (χ0n) is 18.7. The molecule has 0 saturated heterocycles. The Hall–Kier alpha value is -3.39. The molecule has 5 nitrogen and oxygen atoms in total. The van der Waals surface area contributed by atoms with E-state index >= 15 is 0 Å². The molecule has 0 fully saturated rings. The zero-order valence-corrected chi connectivity index (χ0v) is 21.1. The third-order valence-electron chi connectivity index (χ3n) is 5.62. The van der Waals surface area contributed by atoms with Crippen LogP contribution in [-0.2, 0) is 24.2 Å². The van der Waals surface area contributed by atoms with E-state index in [1.165, 1.54) is 23.0 Å². The monoisotopic (exact) mass is 531 g/mol. The second-order valence-electron chi connectivity index (χ2n) is 8.12. The third kappa shape index (κ3) is 5.39. The van der Waals surface area contributed by atoms with Gasteiger partial charge < -0.3 is 10.1 Å². The van der Waals surface area contributed by atoms with Gasteiger partial charge in [0.05, 0.1) is 10.0 Å². The molecule has 0 atom stereocenters. The Kier molecular flexibility index (Phi) is 7.47. The lowest BCUT2D eigenvalue weighted by Crippen LogP contribution is -2.13. The van der Waals surface area contributed by atoms with Crippen molar-refractivity contribution in [2.24, 2.45) is 0 Å². The molecule has 0 unspecified atom stereocenters. The number of nitriles is 2. The fraction of sp³-hybridized carbons (Fsp3) is 0.222. The van der Waals surface area contributed by atoms with Crippen LogP contribution in [0.1, 0.15) is 45.5 Å². The van der Waals surface area contributed by atoms with E-state index in [0.717, 1.165) is 46.2 Å². The van der Waals surface area contributed by atoms with E-state index in [9.17, 15) is 15.3 Å². The van der Waals surface area contributed by atoms with Crippen molar-refractivity contribution in [3.8, 4) is 17.9 Å². The van der Waals surface area contributed by atoms with Crippen LogP contribution in [-0.4, -0.2) is 5.91 Å². The first-order chi connectivity index (χ1) is 16.5. The van der Waals surface area contributed by atoms with E-state index in [0.29, 0.717) is 28.5 Å². The van der Waals surface area contributed by atoms with Crippen LogP contribution in [0.3, 0.4) is 0 Å². The first-order valence-electron chi connectivity index (χ1n) is 10.9. The smallest absolute Gasteiger partial charge is 0.266 e. The Labute approximate surface area is 211 Å². The van der Waals surface area contributed by atoms with Crippen LogP contribution in [0.15, 0.2) is 52.5 Å². The summed E-state index contributed by atoms with van der Waals surface area (Å²) >= 11 is 4.96. The number of carbonyl (C=O) groups is 1. The molecule has 1 aromatic heterocycles. The Morgan fingerprint density at radius 3 is 2.76 bits per heavy atom. The second-order valence-corrected chi connectivity index (χ2v) is 10.1. The van der Waals surface area contributed by atoms with Gasteiger partial charge in [0.1, 0.15) is 35.1 Å². The Bertz CT molecular complexity index is 1360. The SMILES string of the molecule is Cc1cccc(COc2ccc(/C=C(\C#N)C(=O)Nc3sc4c(c3C#N)CCCC4)cc2Br)c1. The summed E-state index contributed by atoms with van der Waals surface area (Å²) in [6, 6.07) is 17.7. The summed E-state index contributed by atoms with van der Waals surface area (Å²) in [4.78, 5) is 14.0. The molecular formula is C27H22BrN3O2S. The number of hydrogen-bond donors (Lipinski definition) is 1. The van der Waals surface area contributed by atoms with Crippen LogP contribution in [0, 0.1) is 29.6 Å². The van der Waals surface area contributed by atoms with Crippen LogP contribution in [0.25, 0.3) is 6.08 Å². The molecule has 1 aliphatic carbocycles. The molecule has 0 radical (unpaired) electrons. The quantitative estimate of drug-likeness (QED) is 0.283. The van der Waals surface area contributed by atoms with Gasteiger partial charge in [-0.15, -0.1) is 11.3 Å². The van der Waals surface area contributed by atoms with Crippen LogP contribution in [0.5, 0.6) is 5.75 Å². The number of thiophene rings is 1. The molecule has 1 heterocycles. The van der Waals surface area contributed by atoms with Gasteiger partial charge in [-0.25, -0.2) is 0 Å². The minimum atomic E-state index is -0.520. The number of anilines is 1. The number of nitrogens with one attached hydrogen (secondary N) is 1. The lowest BCUT2D eigenvalue weighted by atomic mass is 9.96. The summed E-state index contributed by atoms with van der Waals surface area (Å²) in [7, 11) is 0. The maximum atomic E-state index is 12.8. The van der Waals surface area contributed by atoms with Crippen molar-refractivity contribution in [2.45, 2.75) is 39.2 Å². The highest BCUT2D eigenvalue weighted by Gasteiger charge is 2.22. The average Bonchev–Trinajstić information content (AvgIpc) is 3.18. The highest BCUT2D eigenvalue weighted by molar-refractivity contribution is 9.10. The van der Waals surface area contributed by atoms with Gasteiger partial charge in [-0.2, -0.15) is 10.5 Å². The molecule has 7 heteroatoms. The second kappa shape index (κ2) is 10.7. The Morgan fingerprint density at radius 2 is 2.03 bits per heavy atom. The lowest BCUT2D eigenvalue weighted by molar-refractivity contribution is -0.112. The topological polar surface area (TPSA) is 85.9 Å². The molecule has 1 amide bonds. The van der Waals surface area contributed by atoms with E-state index in [-0.39, 0.29) is 5.57 Å². The van der Waals surface area contributed by atoms with Gasteiger partial charge in [-0.3, -0.25) is 4.79 Å². The molecule has 1 N–H and O–H groups in total. The molecule has 2 aromatic carbocycles. The van der Waals surface area contributed by atoms with Gasteiger partial charge >= 0.3 is 0 Å². The highest BCUT2D eigenvalue weighted by Crippen LogP contribution is 2.38. The van der Waals surface area contributed by atoms with Crippen molar-refractivity contribution in [1.29, 1.82) is 10.5 Å². The van der Waals surface area contributed by atoms with Crippen LogP contribution in [0.2, 0.25) is 0 Å². The standard InChI is InChI=1S/C27H22BrN3O2S/c1-17-5-4-6-19(11-17)16-33-24-10-9-18(13-23(24)28)12-20(14-29)26(32)31-27-22(15-30)21-7-2-3-8-25(21)34-27/h4-6,9-13H,2-3,7-8,16H2,1H3,(H,31,32)/b20-12+. The minimum absolute atomic E-state index is 0.0319. The summed E-state index contributed by atoms with van der Waals surface area (Å²) in [5.74, 6) is 0.151. The van der Waals surface area contributed by atoms with Crippen molar-refractivity contribution in [1.82, 2.24) is 0 Å². The van der Waals surface area contributed by atoms with Gasteiger partial charge in [0.15, 0.2) is 0 Å². The minimum Gasteiger partial charge on any atom is -0.488 e. The number of benzene rings is 2. The van der Waals surface area contributed by atoms with Crippen molar-refractivity contribution in [2.75, 3.05) is 5.32 Å². The van der Waals surface area contributed by atoms with E-state index < -0.39 is 5.91 Å². The summed E-state index contributed by atoms with van der Waals surface area (Å²) in [5.41, 5.74) is 4.48. The van der Waals surface area contributed by atoms with Crippen molar-refractivity contribution in [3.63, 3.8) is 0 Å². The van der Waals surface area contributed by atoms with E-state index in [1.807, 2.05) is 31.2 Å². The molecule has 0 aliphatic heterocycles. The number of fused-ring (bicyclic) bond motifs is 1. The van der Waals surface area contributed by atoms with Crippen molar-refractivity contribution >= 4 is 44.3 Å². The number of amides is 1. The number of ether oxygens (including phenoxy) is 1. The van der Waals surface area contributed by atoms with E-state index in [2.05, 4.69) is 33.4 Å². The molecule has 1 aliphatic rings. The highest BCUT2D eigenvalue weighted by atomic mass is 79.9. The number of nitrogens with zero attached hydrogens (tertiary/aromatic N) is 2. The normalized spacial score (nSPS) is 12.9. The largest absolute Gasteiger partial charge is 0.488 e. The average molecular weight is 532 g/mol. The van der Waals surface area contributed by atoms with Gasteiger partial charge in [0, 0.05) is 4.88 Å². The summed E-state index contributed by atoms with van der Waals surface area (Å²) < 4.78 is 6.64. The number of carbonyl (C=O) groups excluding carboxylic acids is 1. The number of halogens is 1. The molecule has 170 valence electrons. The lowest BCUT2D eigenvalue weighted by Gasteiger charge is -2.10. The Balaban J connectivity index is 1.48. The molecule has 0 saturated carbocycles. The van der Waals surface area contributed by atoms with E-state index in [4.69, 9.17) is 4.74 Å². The van der Waals surface area contributed by atoms with Crippen LogP contribution in [0.4, 0.5) is 5.00 Å². The first kappa shape index (κ1) is 23.8. The predicted molar refractivity (Wildman–Crippen MR) is 138 cm³/mol. The molecule has 0 spiro atoms. The van der Waals surface area contributed by atoms with Gasteiger partial charge in [-0.05, 0) is 83.4 Å². The van der Waals surface area contributed by atoms with Crippen LogP contribution >= 0.6 is 27.3 Å². The van der Waals surface area contributed by atoms with Crippen molar-refractivity contribution < 1.29 is 9.53 Å². The number of rotatable bonds is 6. The number of aryl methyl sites for hydroxylation is 2. The summed E-state index contributed by atoms with van der Waals surface area (Å²) in [6.45, 7) is 2.48. The fourth-order valence-corrected chi connectivity index (χ4v) is 5.69. The summed E-state index contributed by atoms with van der Waals surface area (Å²) in [6.07, 6.45) is 5.46. The molecule has 0 bridgehead atoms. The maximum Gasteiger partial charge on any atom is 0.266 e. The first-order valence-corrected chi connectivity index (χ1v) is 12.5. The van der Waals surface area contributed by atoms with Gasteiger partial charge in [-0.1, -0.05) is 35.9 Å². The van der Waals surface area contributed by atoms with Crippen molar-refractivity contribution in [3.05, 3.63) is 85.2 Å². The number of hydrogen-bond acceptors (Lipinski definition) is 5. The fourth-order valence-electron chi connectivity index (χ4n) is 3.94. The maximum absolute atomic E-state index is 12.8. The van der Waals surface area contributed by atoms with E-state index in [1.54, 1.807) is 18.2 Å².